The number of nitrogens with two attached hydrogens (primary N) is 1. The van der Waals surface area contributed by atoms with Crippen LogP contribution in [-0.4, -0.2) is 70.5 Å². The summed E-state index contributed by atoms with van der Waals surface area (Å²) in [6, 6.07) is 23.3. The molecule has 328 valence electrons. The number of nitrogens with zero attached hydrogens (tertiary/aromatic N) is 2. The first-order valence-corrected chi connectivity index (χ1v) is 22.6. The van der Waals surface area contributed by atoms with E-state index in [2.05, 4.69) is 44.7 Å². The van der Waals surface area contributed by atoms with Gasteiger partial charge >= 0.3 is 11.7 Å². The number of amides is 5. The van der Waals surface area contributed by atoms with Gasteiger partial charge in [0.15, 0.2) is 0 Å². The fourth-order valence-electron chi connectivity index (χ4n) is 7.06. The lowest BCUT2D eigenvalue weighted by Gasteiger charge is -2.22. The fourth-order valence-corrected chi connectivity index (χ4v) is 8.36. The minimum absolute atomic E-state index is 0.0321. The molecule has 3 aliphatic rings. The minimum atomic E-state index is -3.47. The van der Waals surface area contributed by atoms with Crippen molar-refractivity contribution in [1.82, 2.24) is 19.2 Å². The van der Waals surface area contributed by atoms with Crippen molar-refractivity contribution in [3.05, 3.63) is 101 Å². The number of aromatic nitrogens is 2. The Morgan fingerprint density at radius 3 is 2.23 bits per heavy atom. The molecule has 1 aromatic heterocycles. The first kappa shape index (κ1) is 46.2. The molecule has 16 heteroatoms. The van der Waals surface area contributed by atoms with E-state index in [1.165, 1.54) is 19.3 Å². The molecule has 4 aromatic rings. The molecular weight excluding hydrogens is 797 g/mol. The number of unbranched alkanes of at least 4 members (excludes halogenated alkanes) is 3. The normalized spacial score (nSPS) is 18.6. The van der Waals surface area contributed by atoms with E-state index in [0.29, 0.717) is 42.7 Å². The number of hydrogen-bond donors (Lipinski definition) is 6. The van der Waals surface area contributed by atoms with Crippen LogP contribution in [-0.2, 0) is 24.4 Å². The number of aromatic amines is 1. The summed E-state index contributed by atoms with van der Waals surface area (Å²) in [6.45, 7) is 8.55. The number of likely N-dealkylation sites (tertiary alicyclic amines) is 1. The van der Waals surface area contributed by atoms with Crippen LogP contribution in [0, 0.1) is 11.8 Å². The van der Waals surface area contributed by atoms with Crippen LogP contribution in [0.1, 0.15) is 91.5 Å². The summed E-state index contributed by atoms with van der Waals surface area (Å²) in [5.41, 5.74) is 8.63. The molecule has 61 heavy (non-hydrogen) atoms. The number of hydrogen-bond acceptors (Lipinski definition) is 8. The Labute approximate surface area is 358 Å². The zero-order valence-corrected chi connectivity index (χ0v) is 36.3. The van der Waals surface area contributed by atoms with Gasteiger partial charge in [0.1, 0.15) is 6.04 Å². The van der Waals surface area contributed by atoms with Gasteiger partial charge in [-0.25, -0.2) is 18.0 Å². The smallest absolute Gasteiger partial charge is 0.326 e. The van der Waals surface area contributed by atoms with Crippen LogP contribution in [0.15, 0.2) is 95.8 Å². The maximum absolute atomic E-state index is 12.1. The first-order chi connectivity index (χ1) is 29.1. The molecule has 0 spiro atoms. The van der Waals surface area contributed by atoms with Gasteiger partial charge in [-0.05, 0) is 108 Å². The van der Waals surface area contributed by atoms with Crippen molar-refractivity contribution in [2.45, 2.75) is 102 Å². The van der Waals surface area contributed by atoms with Crippen LogP contribution in [0.5, 0.6) is 0 Å². The number of sulfonamides is 1. The Balaban J connectivity index is 0.000000175. The lowest BCUT2D eigenvalue weighted by molar-refractivity contribution is -0.135. The van der Waals surface area contributed by atoms with E-state index in [-0.39, 0.29) is 48.0 Å². The SMILES string of the molecule is CC(C)n1c(=O)[nH]c2c(NC(=O)Nc3ccccc3)cccc21.CCCCC/C=C\C1C[C@@H]1C(=O)NS(=O)(=O)C1(C)CC1.NC(=O)C1CCCN1C(=O)CNc1ccccc1. The predicted molar refractivity (Wildman–Crippen MR) is 240 cm³/mol. The molecule has 15 nitrogen and oxygen atoms in total. The summed E-state index contributed by atoms with van der Waals surface area (Å²) in [7, 11) is -3.47. The van der Waals surface area contributed by atoms with E-state index >= 15 is 0 Å². The van der Waals surface area contributed by atoms with E-state index in [0.717, 1.165) is 30.5 Å². The molecule has 3 atom stereocenters. The number of urea groups is 1. The maximum atomic E-state index is 12.1. The van der Waals surface area contributed by atoms with E-state index in [1.54, 1.807) is 34.6 Å². The zero-order valence-electron chi connectivity index (χ0n) is 35.5. The van der Waals surface area contributed by atoms with E-state index in [4.69, 9.17) is 5.73 Å². The molecule has 5 amide bonds. The number of imidazole rings is 1. The number of carbonyl (C=O) groups excluding carboxylic acids is 4. The number of para-hydroxylation sites is 3. The van der Waals surface area contributed by atoms with Crippen molar-refractivity contribution in [3.63, 3.8) is 0 Å². The second kappa shape index (κ2) is 21.1. The Hall–Kier alpha value is -5.90. The van der Waals surface area contributed by atoms with Gasteiger partial charge in [0, 0.05) is 29.9 Å². The van der Waals surface area contributed by atoms with Crippen molar-refractivity contribution in [2.75, 3.05) is 29.0 Å². The molecule has 0 radical (unpaired) electrons. The van der Waals surface area contributed by atoms with Crippen LogP contribution in [0.25, 0.3) is 11.0 Å². The van der Waals surface area contributed by atoms with Gasteiger partial charge in [0.05, 0.1) is 28.0 Å². The van der Waals surface area contributed by atoms with Gasteiger partial charge in [-0.2, -0.15) is 0 Å². The lowest BCUT2D eigenvalue weighted by Crippen LogP contribution is -2.45. The molecule has 3 aromatic carbocycles. The molecule has 2 unspecified atom stereocenters. The largest absolute Gasteiger partial charge is 0.376 e. The third-order valence-electron chi connectivity index (χ3n) is 11.0. The van der Waals surface area contributed by atoms with Crippen molar-refractivity contribution >= 4 is 61.9 Å². The number of benzene rings is 3. The Kier molecular flexibility index (Phi) is 15.9. The Morgan fingerprint density at radius 2 is 1.61 bits per heavy atom. The summed E-state index contributed by atoms with van der Waals surface area (Å²) < 4.78 is 27.1. The van der Waals surface area contributed by atoms with Crippen LogP contribution < -0.4 is 32.1 Å². The van der Waals surface area contributed by atoms with Gasteiger partial charge in [-0.1, -0.05) is 74.4 Å². The minimum Gasteiger partial charge on any atom is -0.376 e. The number of H-pyrrole nitrogens is 1. The summed E-state index contributed by atoms with van der Waals surface area (Å²) in [5.74, 6) is -0.726. The van der Waals surface area contributed by atoms with Crippen LogP contribution in [0.3, 0.4) is 0 Å². The summed E-state index contributed by atoms with van der Waals surface area (Å²) in [6.07, 6.45) is 12.5. The molecule has 7 N–H and O–H groups in total. The monoisotopic (exact) mass is 856 g/mol. The molecule has 2 saturated carbocycles. The highest BCUT2D eigenvalue weighted by Gasteiger charge is 2.52. The summed E-state index contributed by atoms with van der Waals surface area (Å²) >= 11 is 0. The zero-order chi connectivity index (χ0) is 44.2. The van der Waals surface area contributed by atoms with Crippen LogP contribution in [0.2, 0.25) is 0 Å². The van der Waals surface area contributed by atoms with E-state index in [1.807, 2.05) is 74.5 Å². The molecular formula is C45H60N8O7S. The highest BCUT2D eigenvalue weighted by molar-refractivity contribution is 7.91. The quantitative estimate of drug-likeness (QED) is 0.0545. The standard InChI is InChI=1S/C17H18N4O2.C15H25NO3S.C13H17N3O2/c1-11(2)21-14-10-6-9-13(15(14)20-17(21)23)19-16(22)18-12-7-4-3-5-8-12;1-3-4-5-6-7-8-12-11-13(12)14(17)16-20(18,19)15(2)9-10-15;14-13(18)11-7-4-8-16(11)12(17)9-15-10-5-2-1-3-6-10/h3-11H,1-2H3,(H,20,23)(H2,18,19,22);7-8,12-13H,3-6,9-11H2,1-2H3,(H,16,17);1-3,5-6,11,15H,4,7-9H2,(H2,14,18)/b;8-7-;/t;12?,13-;/m.0./s1. The molecule has 1 aliphatic heterocycles. The van der Waals surface area contributed by atoms with Crippen molar-refractivity contribution < 1.29 is 27.6 Å². The van der Waals surface area contributed by atoms with Gasteiger partial charge in [-0.15, -0.1) is 0 Å². The number of anilines is 3. The highest BCUT2D eigenvalue weighted by Crippen LogP contribution is 2.44. The average Bonchev–Trinajstić information content (AvgIpc) is 4.09. The number of nitrogens with one attached hydrogen (secondary N) is 5. The van der Waals surface area contributed by atoms with E-state index in [9.17, 15) is 32.4 Å². The Bertz CT molecular complexity index is 2320. The average molecular weight is 857 g/mol. The first-order valence-electron chi connectivity index (χ1n) is 21.1. The highest BCUT2D eigenvalue weighted by atomic mass is 32.2. The third-order valence-corrected chi connectivity index (χ3v) is 13.2. The van der Waals surface area contributed by atoms with Crippen molar-refractivity contribution in [3.8, 4) is 0 Å². The molecule has 3 fully saturated rings. The molecule has 7 rings (SSSR count). The number of fused-ring (bicyclic) bond motifs is 1. The Morgan fingerprint density at radius 1 is 0.934 bits per heavy atom. The van der Waals surface area contributed by atoms with E-state index < -0.39 is 26.7 Å². The van der Waals surface area contributed by atoms with Crippen LogP contribution >= 0.6 is 0 Å². The van der Waals surface area contributed by atoms with Gasteiger partial charge in [0.25, 0.3) is 0 Å². The topological polar surface area (TPSA) is 218 Å². The second-order valence-electron chi connectivity index (χ2n) is 16.3. The number of carbonyl (C=O) groups is 4. The summed E-state index contributed by atoms with van der Waals surface area (Å²) in [4.78, 5) is 63.7. The van der Waals surface area contributed by atoms with Crippen LogP contribution in [0.4, 0.5) is 21.9 Å². The van der Waals surface area contributed by atoms with Gasteiger partial charge < -0.3 is 31.6 Å². The molecule has 0 bridgehead atoms. The number of rotatable bonds is 15. The number of allylic oxidation sites excluding steroid dienone is 2. The number of primary amides is 1. The fraction of sp³-hybridized carbons (Fsp3) is 0.444. The van der Waals surface area contributed by atoms with Crippen molar-refractivity contribution in [1.29, 1.82) is 0 Å². The summed E-state index contributed by atoms with van der Waals surface area (Å²) in [5, 5.41) is 8.57. The van der Waals surface area contributed by atoms with Gasteiger partial charge in [-0.3, -0.25) is 23.7 Å². The molecule has 2 aliphatic carbocycles. The lowest BCUT2D eigenvalue weighted by atomic mass is 10.2. The van der Waals surface area contributed by atoms with Gasteiger partial charge in [0.2, 0.25) is 27.7 Å². The van der Waals surface area contributed by atoms with Crippen molar-refractivity contribution in [2.24, 2.45) is 17.6 Å². The molecule has 1 saturated heterocycles. The molecule has 2 heterocycles. The maximum Gasteiger partial charge on any atom is 0.326 e. The third kappa shape index (κ3) is 12.8. The second-order valence-corrected chi connectivity index (χ2v) is 18.5. The predicted octanol–water partition coefficient (Wildman–Crippen LogP) is 6.89.